The number of benzene rings is 2. The Kier molecular flexibility index (Phi) is 6.07. The van der Waals surface area contributed by atoms with E-state index < -0.39 is 11.6 Å². The summed E-state index contributed by atoms with van der Waals surface area (Å²) in [7, 11) is 5.60. The molecule has 1 atom stereocenters. The summed E-state index contributed by atoms with van der Waals surface area (Å²) in [5, 5.41) is 3.20. The van der Waals surface area contributed by atoms with Crippen molar-refractivity contribution in [2.45, 2.75) is 12.6 Å². The van der Waals surface area contributed by atoms with Crippen LogP contribution < -0.4 is 10.1 Å². The zero-order valence-electron chi connectivity index (χ0n) is 13.6. The fourth-order valence-corrected chi connectivity index (χ4v) is 2.47. The average molecular weight is 320 g/mol. The molecule has 0 aliphatic rings. The molecule has 2 aromatic carbocycles. The lowest BCUT2D eigenvalue weighted by Crippen LogP contribution is -2.31. The maximum absolute atomic E-state index is 13.6. The summed E-state index contributed by atoms with van der Waals surface area (Å²) in [5.74, 6) is -0.0348. The number of likely N-dealkylation sites (N-methyl/N-ethyl adjacent to an activating group) is 1. The number of nitrogens with one attached hydrogen (secondary N) is 1. The van der Waals surface area contributed by atoms with Crippen LogP contribution in [-0.4, -0.2) is 32.6 Å². The standard InChI is InChI=1S/C18H22F2N2O/c1-22(2)18(13-5-4-6-16(10-13)23-3)12-21-11-14-9-15(19)7-8-17(14)20/h4-10,18,21H,11-12H2,1-3H3. The molecule has 1 unspecified atom stereocenters. The number of methoxy groups -OCH3 is 1. The molecule has 0 fully saturated rings. The van der Waals surface area contributed by atoms with Crippen LogP contribution in [0.5, 0.6) is 5.75 Å². The molecule has 1 N–H and O–H groups in total. The van der Waals surface area contributed by atoms with Crippen molar-refractivity contribution in [3.05, 3.63) is 65.2 Å². The first kappa shape index (κ1) is 17.4. The maximum Gasteiger partial charge on any atom is 0.127 e. The highest BCUT2D eigenvalue weighted by Crippen LogP contribution is 2.22. The molecule has 0 aromatic heterocycles. The van der Waals surface area contributed by atoms with Crippen molar-refractivity contribution in [3.8, 4) is 5.75 Å². The minimum absolute atomic E-state index is 0.0988. The van der Waals surface area contributed by atoms with Crippen molar-refractivity contribution in [2.75, 3.05) is 27.7 Å². The molecule has 0 amide bonds. The first-order valence-corrected chi connectivity index (χ1v) is 7.46. The second-order valence-corrected chi connectivity index (χ2v) is 5.62. The van der Waals surface area contributed by atoms with E-state index in [-0.39, 0.29) is 12.6 Å². The highest BCUT2D eigenvalue weighted by molar-refractivity contribution is 5.30. The van der Waals surface area contributed by atoms with Gasteiger partial charge in [0.1, 0.15) is 17.4 Å². The Labute approximate surface area is 135 Å². The molecule has 3 nitrogen and oxygen atoms in total. The van der Waals surface area contributed by atoms with Gasteiger partial charge in [-0.1, -0.05) is 12.1 Å². The van der Waals surface area contributed by atoms with Gasteiger partial charge in [-0.3, -0.25) is 0 Å². The lowest BCUT2D eigenvalue weighted by atomic mass is 10.1. The Bertz CT molecular complexity index is 647. The molecule has 2 aromatic rings. The Balaban J connectivity index is 2.04. The summed E-state index contributed by atoms with van der Waals surface area (Å²) in [6.07, 6.45) is 0. The zero-order chi connectivity index (χ0) is 16.8. The SMILES string of the molecule is COc1cccc(C(CNCc2cc(F)ccc2F)N(C)C)c1. The van der Waals surface area contributed by atoms with E-state index in [0.29, 0.717) is 12.1 Å². The van der Waals surface area contributed by atoms with Gasteiger partial charge in [-0.2, -0.15) is 0 Å². The smallest absolute Gasteiger partial charge is 0.127 e. The normalized spacial score (nSPS) is 12.4. The van der Waals surface area contributed by atoms with Crippen molar-refractivity contribution in [2.24, 2.45) is 0 Å². The van der Waals surface area contributed by atoms with E-state index in [9.17, 15) is 8.78 Å². The number of halogens is 2. The summed E-state index contributed by atoms with van der Waals surface area (Å²) < 4.78 is 32.1. The third-order valence-corrected chi connectivity index (χ3v) is 3.76. The molecule has 124 valence electrons. The number of hydrogen-bond acceptors (Lipinski definition) is 3. The summed E-state index contributed by atoms with van der Waals surface area (Å²) in [6, 6.07) is 11.4. The number of hydrogen-bond donors (Lipinski definition) is 1. The zero-order valence-corrected chi connectivity index (χ0v) is 13.6. The summed E-state index contributed by atoms with van der Waals surface area (Å²) in [6.45, 7) is 0.883. The molecule has 0 bridgehead atoms. The van der Waals surface area contributed by atoms with E-state index >= 15 is 0 Å². The Morgan fingerprint density at radius 3 is 2.61 bits per heavy atom. The van der Waals surface area contributed by atoms with E-state index in [1.54, 1.807) is 7.11 Å². The quantitative estimate of drug-likeness (QED) is 0.846. The van der Waals surface area contributed by atoms with Crippen molar-refractivity contribution in [1.82, 2.24) is 10.2 Å². The van der Waals surface area contributed by atoms with Crippen molar-refractivity contribution < 1.29 is 13.5 Å². The van der Waals surface area contributed by atoms with Crippen LogP contribution in [-0.2, 0) is 6.54 Å². The van der Waals surface area contributed by atoms with Gasteiger partial charge in [-0.05, 0) is 50.0 Å². The molecule has 2 rings (SSSR count). The fourth-order valence-electron chi connectivity index (χ4n) is 2.47. The van der Waals surface area contributed by atoms with Gasteiger partial charge < -0.3 is 15.0 Å². The monoisotopic (exact) mass is 320 g/mol. The molecular formula is C18H22F2N2O. The molecule has 5 heteroatoms. The largest absolute Gasteiger partial charge is 0.497 e. The molecule has 0 saturated heterocycles. The van der Waals surface area contributed by atoms with Crippen LogP contribution in [0.3, 0.4) is 0 Å². The van der Waals surface area contributed by atoms with Crippen LogP contribution in [0, 0.1) is 11.6 Å². The molecule has 0 saturated carbocycles. The van der Waals surface area contributed by atoms with Crippen LogP contribution >= 0.6 is 0 Å². The maximum atomic E-state index is 13.6. The van der Waals surface area contributed by atoms with Gasteiger partial charge in [-0.25, -0.2) is 8.78 Å². The van der Waals surface area contributed by atoms with Crippen LogP contribution in [0.4, 0.5) is 8.78 Å². The third kappa shape index (κ3) is 4.74. The lowest BCUT2D eigenvalue weighted by molar-refractivity contribution is 0.287. The minimum Gasteiger partial charge on any atom is -0.497 e. The minimum atomic E-state index is -0.430. The Morgan fingerprint density at radius 1 is 1.13 bits per heavy atom. The molecule has 0 spiro atoms. The third-order valence-electron chi connectivity index (χ3n) is 3.76. The van der Waals surface area contributed by atoms with Crippen LogP contribution in [0.1, 0.15) is 17.2 Å². The lowest BCUT2D eigenvalue weighted by Gasteiger charge is -2.25. The molecule has 23 heavy (non-hydrogen) atoms. The molecule has 0 aliphatic carbocycles. The Hall–Kier alpha value is -1.98. The van der Waals surface area contributed by atoms with Crippen molar-refractivity contribution in [1.29, 1.82) is 0 Å². The van der Waals surface area contributed by atoms with E-state index in [1.165, 1.54) is 6.07 Å². The summed E-state index contributed by atoms with van der Waals surface area (Å²) in [5.41, 5.74) is 1.43. The van der Waals surface area contributed by atoms with E-state index in [4.69, 9.17) is 4.74 Å². The number of rotatable bonds is 7. The number of ether oxygens (including phenoxy) is 1. The topological polar surface area (TPSA) is 24.5 Å². The predicted octanol–water partition coefficient (Wildman–Crippen LogP) is 3.37. The first-order chi connectivity index (χ1) is 11.0. The van der Waals surface area contributed by atoms with Gasteiger partial charge in [0.2, 0.25) is 0 Å². The van der Waals surface area contributed by atoms with Gasteiger partial charge in [0, 0.05) is 24.7 Å². The van der Waals surface area contributed by atoms with Crippen molar-refractivity contribution >= 4 is 0 Å². The van der Waals surface area contributed by atoms with Gasteiger partial charge in [0.15, 0.2) is 0 Å². The Morgan fingerprint density at radius 2 is 1.91 bits per heavy atom. The highest BCUT2D eigenvalue weighted by atomic mass is 19.1. The van der Waals surface area contributed by atoms with Gasteiger partial charge in [-0.15, -0.1) is 0 Å². The van der Waals surface area contributed by atoms with Crippen LogP contribution in [0.15, 0.2) is 42.5 Å². The molecule has 0 radical (unpaired) electrons. The number of nitrogens with zero attached hydrogens (tertiary/aromatic N) is 1. The fraction of sp³-hybridized carbons (Fsp3) is 0.333. The van der Waals surface area contributed by atoms with Gasteiger partial charge in [0.05, 0.1) is 7.11 Å². The summed E-state index contributed by atoms with van der Waals surface area (Å²) >= 11 is 0. The second kappa shape index (κ2) is 8.04. The predicted molar refractivity (Wildman–Crippen MR) is 87.5 cm³/mol. The van der Waals surface area contributed by atoms with E-state index in [0.717, 1.165) is 23.4 Å². The van der Waals surface area contributed by atoms with Gasteiger partial charge >= 0.3 is 0 Å². The average Bonchev–Trinajstić information content (AvgIpc) is 2.54. The second-order valence-electron chi connectivity index (χ2n) is 5.62. The van der Waals surface area contributed by atoms with Crippen LogP contribution in [0.2, 0.25) is 0 Å². The molecular weight excluding hydrogens is 298 g/mol. The highest BCUT2D eigenvalue weighted by Gasteiger charge is 2.15. The summed E-state index contributed by atoms with van der Waals surface area (Å²) in [4.78, 5) is 2.07. The molecule has 0 heterocycles. The first-order valence-electron chi connectivity index (χ1n) is 7.46. The van der Waals surface area contributed by atoms with Crippen LogP contribution in [0.25, 0.3) is 0 Å². The molecule has 0 aliphatic heterocycles. The van der Waals surface area contributed by atoms with E-state index in [2.05, 4.69) is 10.2 Å². The van der Waals surface area contributed by atoms with Crippen molar-refractivity contribution in [3.63, 3.8) is 0 Å². The van der Waals surface area contributed by atoms with Gasteiger partial charge in [0.25, 0.3) is 0 Å². The van der Waals surface area contributed by atoms with E-state index in [1.807, 2.05) is 38.4 Å².